The van der Waals surface area contributed by atoms with Crippen LogP contribution < -0.4 is 5.73 Å². The van der Waals surface area contributed by atoms with E-state index in [-0.39, 0.29) is 12.1 Å². The second-order valence-corrected chi connectivity index (χ2v) is 5.42. The Morgan fingerprint density at radius 1 is 0.947 bits per heavy atom. The summed E-state index contributed by atoms with van der Waals surface area (Å²) in [6.07, 6.45) is 0.251. The number of rotatable bonds is 8. The van der Waals surface area contributed by atoms with Crippen LogP contribution >= 0.6 is 0 Å². The van der Waals surface area contributed by atoms with E-state index in [2.05, 4.69) is 38.1 Å². The van der Waals surface area contributed by atoms with E-state index in [9.17, 15) is 0 Å². The van der Waals surface area contributed by atoms with Gasteiger partial charge in [0.25, 0.3) is 0 Å². The smallest absolute Gasteiger partial charge is 0.0703 e. The minimum atomic E-state index is -0.0692. The molecule has 1 unspecified atom stereocenters. The highest BCUT2D eigenvalue weighted by atomic mass is 16.5. The van der Waals surface area contributed by atoms with Gasteiger partial charge < -0.3 is 15.2 Å². The summed E-state index contributed by atoms with van der Waals surface area (Å²) in [5.74, 6) is 0.551. The van der Waals surface area contributed by atoms with Crippen LogP contribution in [0.25, 0.3) is 0 Å². The van der Waals surface area contributed by atoms with E-state index in [0.717, 1.165) is 5.56 Å². The highest BCUT2D eigenvalue weighted by Crippen LogP contribution is 2.17. The van der Waals surface area contributed by atoms with Gasteiger partial charge in [-0.3, -0.25) is 0 Å². The highest BCUT2D eigenvalue weighted by Gasteiger charge is 2.07. The molecule has 0 aliphatic heterocycles. The Kier molecular flexibility index (Phi) is 7.06. The molecule has 1 rings (SSSR count). The van der Waals surface area contributed by atoms with Gasteiger partial charge in [0.1, 0.15) is 0 Å². The zero-order chi connectivity index (χ0) is 14.3. The van der Waals surface area contributed by atoms with Crippen molar-refractivity contribution < 1.29 is 9.47 Å². The fourth-order valence-electron chi connectivity index (χ4n) is 1.78. The lowest BCUT2D eigenvalue weighted by Crippen LogP contribution is -2.19. The van der Waals surface area contributed by atoms with Gasteiger partial charge in [-0.1, -0.05) is 38.1 Å². The van der Waals surface area contributed by atoms with Gasteiger partial charge in [0.15, 0.2) is 0 Å². The molecule has 108 valence electrons. The molecule has 3 nitrogen and oxygen atoms in total. The summed E-state index contributed by atoms with van der Waals surface area (Å²) in [5, 5.41) is 0. The van der Waals surface area contributed by atoms with E-state index in [0.29, 0.717) is 25.7 Å². The van der Waals surface area contributed by atoms with Crippen molar-refractivity contribution in [3.63, 3.8) is 0 Å². The molecule has 1 aromatic carbocycles. The first-order valence-electron chi connectivity index (χ1n) is 7.05. The topological polar surface area (TPSA) is 44.5 Å². The van der Waals surface area contributed by atoms with Crippen LogP contribution in [0.5, 0.6) is 0 Å². The Hall–Kier alpha value is -0.900. The fraction of sp³-hybridized carbons (Fsp3) is 0.625. The van der Waals surface area contributed by atoms with E-state index >= 15 is 0 Å². The van der Waals surface area contributed by atoms with Crippen LogP contribution in [-0.2, 0) is 9.47 Å². The van der Waals surface area contributed by atoms with Crippen molar-refractivity contribution in [1.29, 1.82) is 0 Å². The molecule has 0 aliphatic rings. The molecule has 0 spiro atoms. The summed E-state index contributed by atoms with van der Waals surface area (Å²) in [4.78, 5) is 0. The molecule has 0 amide bonds. The van der Waals surface area contributed by atoms with Crippen LogP contribution in [0.2, 0.25) is 0 Å². The third kappa shape index (κ3) is 6.19. The van der Waals surface area contributed by atoms with Gasteiger partial charge in [0.05, 0.1) is 32.0 Å². The molecule has 0 bridgehead atoms. The minimum Gasteiger partial charge on any atom is -0.377 e. The van der Waals surface area contributed by atoms with Gasteiger partial charge in [-0.25, -0.2) is 0 Å². The van der Waals surface area contributed by atoms with Gasteiger partial charge in [0, 0.05) is 0 Å². The molecule has 3 heteroatoms. The molecule has 0 saturated carbocycles. The number of nitrogens with two attached hydrogens (primary N) is 1. The van der Waals surface area contributed by atoms with E-state index in [1.54, 1.807) is 0 Å². The van der Waals surface area contributed by atoms with Gasteiger partial charge in [-0.05, 0) is 30.9 Å². The summed E-state index contributed by atoms with van der Waals surface area (Å²) >= 11 is 0. The highest BCUT2D eigenvalue weighted by molar-refractivity contribution is 5.26. The summed E-state index contributed by atoms with van der Waals surface area (Å²) in [6.45, 7) is 10.2. The van der Waals surface area contributed by atoms with Crippen LogP contribution in [0, 0.1) is 0 Å². The van der Waals surface area contributed by atoms with Crippen molar-refractivity contribution in [3.8, 4) is 0 Å². The van der Waals surface area contributed by atoms with Crippen molar-refractivity contribution >= 4 is 0 Å². The maximum atomic E-state index is 6.10. The number of ether oxygens (including phenoxy) is 2. The van der Waals surface area contributed by atoms with Crippen molar-refractivity contribution in [3.05, 3.63) is 35.4 Å². The second kappa shape index (κ2) is 8.31. The van der Waals surface area contributed by atoms with E-state index in [1.807, 2.05) is 13.8 Å². The average Bonchev–Trinajstić information content (AvgIpc) is 2.37. The SMILES string of the molecule is CC(C)OCCOCC(N)c1ccc(C(C)C)cc1. The molecular formula is C16H27NO2. The first kappa shape index (κ1) is 16.2. The molecule has 1 atom stereocenters. The Bertz CT molecular complexity index is 346. The molecule has 0 saturated heterocycles. The maximum absolute atomic E-state index is 6.10. The summed E-state index contributed by atoms with van der Waals surface area (Å²) in [6, 6.07) is 8.39. The summed E-state index contributed by atoms with van der Waals surface area (Å²) < 4.78 is 10.9. The first-order valence-corrected chi connectivity index (χ1v) is 7.05. The zero-order valence-electron chi connectivity index (χ0n) is 12.6. The van der Waals surface area contributed by atoms with Crippen molar-refractivity contribution in [2.75, 3.05) is 19.8 Å². The van der Waals surface area contributed by atoms with E-state index in [4.69, 9.17) is 15.2 Å². The average molecular weight is 265 g/mol. The summed E-state index contributed by atoms with van der Waals surface area (Å²) in [5.41, 5.74) is 8.55. The van der Waals surface area contributed by atoms with Crippen LogP contribution in [0.1, 0.15) is 50.8 Å². The maximum Gasteiger partial charge on any atom is 0.0703 e. The van der Waals surface area contributed by atoms with E-state index < -0.39 is 0 Å². The molecule has 0 aliphatic carbocycles. The Morgan fingerprint density at radius 2 is 1.53 bits per heavy atom. The standard InChI is InChI=1S/C16H27NO2/c1-12(2)14-5-7-15(8-6-14)16(17)11-18-9-10-19-13(3)4/h5-8,12-13,16H,9-11,17H2,1-4H3. The van der Waals surface area contributed by atoms with Crippen LogP contribution in [0.4, 0.5) is 0 Å². The van der Waals surface area contributed by atoms with Gasteiger partial charge in [-0.15, -0.1) is 0 Å². The largest absolute Gasteiger partial charge is 0.377 e. The van der Waals surface area contributed by atoms with Crippen LogP contribution in [0.15, 0.2) is 24.3 Å². The third-order valence-electron chi connectivity index (χ3n) is 3.01. The molecule has 0 fully saturated rings. The zero-order valence-corrected chi connectivity index (χ0v) is 12.6. The number of hydrogen-bond donors (Lipinski definition) is 1. The Balaban J connectivity index is 2.31. The predicted octanol–water partition coefficient (Wildman–Crippen LogP) is 3.25. The van der Waals surface area contributed by atoms with Crippen molar-refractivity contribution in [2.45, 2.75) is 45.8 Å². The molecule has 0 heterocycles. The van der Waals surface area contributed by atoms with Gasteiger partial charge in [0.2, 0.25) is 0 Å². The van der Waals surface area contributed by atoms with Crippen LogP contribution in [0.3, 0.4) is 0 Å². The summed E-state index contributed by atoms with van der Waals surface area (Å²) in [7, 11) is 0. The quantitative estimate of drug-likeness (QED) is 0.734. The molecule has 19 heavy (non-hydrogen) atoms. The number of hydrogen-bond acceptors (Lipinski definition) is 3. The lowest BCUT2D eigenvalue weighted by Gasteiger charge is -2.14. The monoisotopic (exact) mass is 265 g/mol. The molecular weight excluding hydrogens is 238 g/mol. The number of benzene rings is 1. The lowest BCUT2D eigenvalue weighted by atomic mass is 10.00. The van der Waals surface area contributed by atoms with Crippen molar-refractivity contribution in [1.82, 2.24) is 0 Å². The van der Waals surface area contributed by atoms with Crippen molar-refractivity contribution in [2.24, 2.45) is 5.73 Å². The Labute approximate surface area is 117 Å². The second-order valence-electron chi connectivity index (χ2n) is 5.42. The van der Waals surface area contributed by atoms with Gasteiger partial charge in [-0.2, -0.15) is 0 Å². The predicted molar refractivity (Wildman–Crippen MR) is 79.4 cm³/mol. The first-order chi connectivity index (χ1) is 9.00. The fourth-order valence-corrected chi connectivity index (χ4v) is 1.78. The van der Waals surface area contributed by atoms with Crippen LogP contribution in [-0.4, -0.2) is 25.9 Å². The molecule has 0 radical (unpaired) electrons. The molecule has 1 aromatic rings. The normalized spacial score (nSPS) is 13.2. The lowest BCUT2D eigenvalue weighted by molar-refractivity contribution is 0.0161. The molecule has 2 N–H and O–H groups in total. The van der Waals surface area contributed by atoms with Gasteiger partial charge >= 0.3 is 0 Å². The third-order valence-corrected chi connectivity index (χ3v) is 3.01. The molecule has 0 aromatic heterocycles. The van der Waals surface area contributed by atoms with E-state index in [1.165, 1.54) is 5.56 Å². The minimum absolute atomic E-state index is 0.0692. The Morgan fingerprint density at radius 3 is 2.05 bits per heavy atom.